The van der Waals surface area contributed by atoms with Crippen LogP contribution in [0.15, 0.2) is 12.3 Å². The van der Waals surface area contributed by atoms with E-state index in [2.05, 4.69) is 4.98 Å². The Morgan fingerprint density at radius 2 is 2.31 bits per heavy atom. The number of nitrogens with zero attached hydrogens (tertiary/aromatic N) is 1. The summed E-state index contributed by atoms with van der Waals surface area (Å²) in [5.74, 6) is 0.193. The van der Waals surface area contributed by atoms with Gasteiger partial charge in [-0.05, 0) is 37.3 Å². The predicted octanol–water partition coefficient (Wildman–Crippen LogP) is 1.94. The van der Waals surface area contributed by atoms with Gasteiger partial charge in [-0.25, -0.2) is 4.98 Å². The second-order valence-corrected chi connectivity index (χ2v) is 3.74. The summed E-state index contributed by atoms with van der Waals surface area (Å²) < 4.78 is 12.8. The molecule has 0 radical (unpaired) electrons. The van der Waals surface area contributed by atoms with E-state index < -0.39 is 5.95 Å². The number of aryl methyl sites for hydroxylation is 1. The van der Waals surface area contributed by atoms with Crippen molar-refractivity contribution in [3.05, 3.63) is 29.3 Å². The molecular formula is C10H13FN2. The van der Waals surface area contributed by atoms with Gasteiger partial charge in [-0.15, -0.1) is 0 Å². The van der Waals surface area contributed by atoms with Crippen molar-refractivity contribution in [1.82, 2.24) is 4.98 Å². The highest BCUT2D eigenvalue weighted by atomic mass is 19.1. The highest BCUT2D eigenvalue weighted by molar-refractivity contribution is 5.22. The van der Waals surface area contributed by atoms with Crippen LogP contribution in [0.5, 0.6) is 0 Å². The maximum absolute atomic E-state index is 12.8. The second-order valence-electron chi connectivity index (χ2n) is 3.74. The van der Waals surface area contributed by atoms with E-state index in [1.807, 2.05) is 0 Å². The van der Waals surface area contributed by atoms with Gasteiger partial charge in [0.1, 0.15) is 0 Å². The molecule has 1 atom stereocenters. The molecule has 0 saturated heterocycles. The van der Waals surface area contributed by atoms with E-state index in [1.54, 1.807) is 19.2 Å². The summed E-state index contributed by atoms with van der Waals surface area (Å²) in [7, 11) is 0. The summed E-state index contributed by atoms with van der Waals surface area (Å²) in [6.45, 7) is 1.71. The van der Waals surface area contributed by atoms with Gasteiger partial charge in [0.15, 0.2) is 0 Å². The Bertz CT molecular complexity index is 321. The number of pyridine rings is 1. The van der Waals surface area contributed by atoms with E-state index in [4.69, 9.17) is 5.73 Å². The van der Waals surface area contributed by atoms with Gasteiger partial charge in [-0.1, -0.05) is 0 Å². The third-order valence-corrected chi connectivity index (χ3v) is 2.55. The fourth-order valence-electron chi connectivity index (χ4n) is 1.49. The van der Waals surface area contributed by atoms with Crippen LogP contribution in [0.25, 0.3) is 0 Å². The lowest BCUT2D eigenvalue weighted by molar-refractivity contribution is 0.564. The zero-order chi connectivity index (χ0) is 9.42. The molecule has 1 unspecified atom stereocenters. The fourth-order valence-corrected chi connectivity index (χ4v) is 1.49. The monoisotopic (exact) mass is 180 g/mol. The Kier molecular flexibility index (Phi) is 2.04. The van der Waals surface area contributed by atoms with E-state index in [-0.39, 0.29) is 6.04 Å². The van der Waals surface area contributed by atoms with Crippen LogP contribution in [-0.4, -0.2) is 4.98 Å². The third kappa shape index (κ3) is 1.70. The van der Waals surface area contributed by atoms with Gasteiger partial charge in [-0.2, -0.15) is 4.39 Å². The Morgan fingerprint density at radius 3 is 2.85 bits per heavy atom. The minimum Gasteiger partial charge on any atom is -0.324 e. The van der Waals surface area contributed by atoms with Crippen LogP contribution < -0.4 is 5.73 Å². The van der Waals surface area contributed by atoms with Crippen LogP contribution in [0, 0.1) is 18.8 Å². The van der Waals surface area contributed by atoms with Gasteiger partial charge < -0.3 is 5.73 Å². The highest BCUT2D eigenvalue weighted by Crippen LogP contribution is 2.39. The molecule has 1 aromatic rings. The van der Waals surface area contributed by atoms with Crippen molar-refractivity contribution in [2.75, 3.05) is 0 Å². The van der Waals surface area contributed by atoms with Crippen LogP contribution in [0.1, 0.15) is 30.0 Å². The standard InChI is InChI=1S/C10H13FN2/c1-6-4-8(5-13-10(6)11)9(12)7-2-3-7/h4-5,7,9H,2-3,12H2,1H3. The molecule has 70 valence electrons. The summed E-state index contributed by atoms with van der Waals surface area (Å²) in [5, 5.41) is 0. The minimum atomic E-state index is -0.397. The topological polar surface area (TPSA) is 38.9 Å². The molecule has 0 spiro atoms. The smallest absolute Gasteiger partial charge is 0.215 e. The molecule has 2 rings (SSSR count). The number of nitrogens with two attached hydrogens (primary N) is 1. The number of rotatable bonds is 2. The first-order valence-electron chi connectivity index (χ1n) is 4.56. The molecule has 0 aliphatic heterocycles. The predicted molar refractivity (Wildman–Crippen MR) is 48.6 cm³/mol. The van der Waals surface area contributed by atoms with E-state index in [9.17, 15) is 4.39 Å². The normalized spacial score (nSPS) is 18.7. The molecule has 2 N–H and O–H groups in total. The molecule has 1 aliphatic carbocycles. The Balaban J connectivity index is 2.24. The van der Waals surface area contributed by atoms with Gasteiger partial charge in [0.25, 0.3) is 0 Å². The second kappa shape index (κ2) is 3.07. The van der Waals surface area contributed by atoms with Crippen LogP contribution in [0.2, 0.25) is 0 Å². The SMILES string of the molecule is Cc1cc(C(N)C2CC2)cnc1F. The molecule has 3 heteroatoms. The summed E-state index contributed by atoms with van der Waals surface area (Å²) in [5.41, 5.74) is 7.49. The lowest BCUT2D eigenvalue weighted by atomic mass is 10.0. The van der Waals surface area contributed by atoms with Gasteiger partial charge in [0.2, 0.25) is 5.95 Å². The van der Waals surface area contributed by atoms with E-state index in [0.29, 0.717) is 11.5 Å². The van der Waals surface area contributed by atoms with Crippen molar-refractivity contribution in [3.8, 4) is 0 Å². The summed E-state index contributed by atoms with van der Waals surface area (Å²) in [4.78, 5) is 3.66. The lowest BCUT2D eigenvalue weighted by Gasteiger charge is -2.10. The third-order valence-electron chi connectivity index (χ3n) is 2.55. The average Bonchev–Trinajstić information content (AvgIpc) is 2.91. The largest absolute Gasteiger partial charge is 0.324 e. The van der Waals surface area contributed by atoms with E-state index >= 15 is 0 Å². The van der Waals surface area contributed by atoms with Gasteiger partial charge in [0, 0.05) is 17.8 Å². The molecule has 2 nitrogen and oxygen atoms in total. The maximum Gasteiger partial charge on any atom is 0.215 e. The van der Waals surface area contributed by atoms with Crippen molar-refractivity contribution in [2.45, 2.75) is 25.8 Å². The Hall–Kier alpha value is -0.960. The number of hydrogen-bond donors (Lipinski definition) is 1. The van der Waals surface area contributed by atoms with Crippen molar-refractivity contribution in [2.24, 2.45) is 11.7 Å². The first-order chi connectivity index (χ1) is 6.18. The molecule has 0 bridgehead atoms. The number of hydrogen-bond acceptors (Lipinski definition) is 2. The maximum atomic E-state index is 12.8. The molecule has 1 fully saturated rings. The minimum absolute atomic E-state index is 0.0480. The molecule has 1 aliphatic rings. The molecular weight excluding hydrogens is 167 g/mol. The van der Waals surface area contributed by atoms with Gasteiger partial charge in [-0.3, -0.25) is 0 Å². The molecule has 1 saturated carbocycles. The lowest BCUT2D eigenvalue weighted by Crippen LogP contribution is -2.13. The average molecular weight is 180 g/mol. The van der Waals surface area contributed by atoms with Crippen LogP contribution in [-0.2, 0) is 0 Å². The quantitative estimate of drug-likeness (QED) is 0.706. The number of halogens is 1. The van der Waals surface area contributed by atoms with Crippen LogP contribution >= 0.6 is 0 Å². The summed E-state index contributed by atoms with van der Waals surface area (Å²) in [6, 6.07) is 1.84. The molecule has 0 aromatic carbocycles. The van der Waals surface area contributed by atoms with Crippen molar-refractivity contribution in [1.29, 1.82) is 0 Å². The van der Waals surface area contributed by atoms with Gasteiger partial charge >= 0.3 is 0 Å². The van der Waals surface area contributed by atoms with E-state index in [0.717, 1.165) is 5.56 Å². The molecule has 0 amide bonds. The van der Waals surface area contributed by atoms with Crippen molar-refractivity contribution >= 4 is 0 Å². The molecule has 1 heterocycles. The first-order valence-corrected chi connectivity index (χ1v) is 4.56. The van der Waals surface area contributed by atoms with E-state index in [1.165, 1.54) is 12.8 Å². The van der Waals surface area contributed by atoms with Crippen molar-refractivity contribution in [3.63, 3.8) is 0 Å². The molecule has 13 heavy (non-hydrogen) atoms. The van der Waals surface area contributed by atoms with Crippen LogP contribution in [0.4, 0.5) is 4.39 Å². The highest BCUT2D eigenvalue weighted by Gasteiger charge is 2.29. The number of aromatic nitrogens is 1. The fraction of sp³-hybridized carbons (Fsp3) is 0.500. The zero-order valence-corrected chi connectivity index (χ0v) is 7.63. The van der Waals surface area contributed by atoms with Crippen molar-refractivity contribution < 1.29 is 4.39 Å². The Labute approximate surface area is 77.0 Å². The first kappa shape index (κ1) is 8.63. The van der Waals surface area contributed by atoms with Crippen LogP contribution in [0.3, 0.4) is 0 Å². The zero-order valence-electron chi connectivity index (χ0n) is 7.63. The summed E-state index contributed by atoms with van der Waals surface area (Å²) in [6.07, 6.45) is 3.93. The van der Waals surface area contributed by atoms with Gasteiger partial charge in [0.05, 0.1) is 0 Å². The molecule has 1 aromatic heterocycles. The summed E-state index contributed by atoms with van der Waals surface area (Å²) >= 11 is 0. The Morgan fingerprint density at radius 1 is 1.62 bits per heavy atom.